The van der Waals surface area contributed by atoms with Crippen LogP contribution in [0.3, 0.4) is 0 Å². The molecule has 7 rings (SSSR count). The lowest BCUT2D eigenvalue weighted by atomic mass is 9.88. The van der Waals surface area contributed by atoms with Crippen LogP contribution in [0.1, 0.15) is 24.0 Å². The van der Waals surface area contributed by atoms with Crippen molar-refractivity contribution in [1.29, 1.82) is 0 Å². The third-order valence-corrected chi connectivity index (χ3v) is 9.85. The molecule has 12 nitrogen and oxygen atoms in total. The van der Waals surface area contributed by atoms with E-state index in [1.165, 1.54) is 0 Å². The maximum atomic E-state index is 11.7. The van der Waals surface area contributed by atoms with Crippen molar-refractivity contribution < 1.29 is 23.9 Å². The van der Waals surface area contributed by atoms with Crippen LogP contribution in [0, 0.1) is 0 Å². The van der Waals surface area contributed by atoms with Crippen molar-refractivity contribution in [3.05, 3.63) is 81.8 Å². The van der Waals surface area contributed by atoms with Crippen LogP contribution in [0.25, 0.3) is 33.6 Å². The fraction of sp³-hybridized carbons (Fsp3) is 0.314. The molecule has 3 fully saturated rings. The predicted octanol–water partition coefficient (Wildman–Crippen LogP) is 4.93. The van der Waals surface area contributed by atoms with E-state index in [9.17, 15) is 9.59 Å². The first-order chi connectivity index (χ1) is 23.8. The number of ether oxygens (including phenoxy) is 2. The maximum absolute atomic E-state index is 11.7. The van der Waals surface area contributed by atoms with Crippen LogP contribution < -0.4 is 30.9 Å². The molecule has 5 heterocycles. The van der Waals surface area contributed by atoms with Crippen molar-refractivity contribution in [3.8, 4) is 45.4 Å². The first kappa shape index (κ1) is 33.1. The number of hydroxylamine groups is 1. The highest BCUT2D eigenvalue weighted by molar-refractivity contribution is 6.39. The van der Waals surface area contributed by atoms with Crippen LogP contribution in [-0.2, 0) is 22.7 Å². The van der Waals surface area contributed by atoms with Gasteiger partial charge in [-0.15, -0.1) is 5.48 Å². The van der Waals surface area contributed by atoms with E-state index in [2.05, 4.69) is 26.3 Å². The lowest BCUT2D eigenvalue weighted by Gasteiger charge is -2.48. The molecule has 2 aromatic heterocycles. The molecule has 14 heteroatoms. The molecule has 0 saturated carbocycles. The standard InChI is InChI=1S/C35H35Cl2N7O5/c1-47-32-20(15-38-16-28-41-34(46)49-43-28)9-11-26(39-32)24-7-3-5-22(30(24)36)23-6-4-8-25(31(23)37)27-12-10-21(33(40-27)48-2)17-44-18-35(19-44)14-13-29(45)42-35/h3-12,28,38,43H,13-19H2,1-2H3,(H,41,46)(H,42,45). The van der Waals surface area contributed by atoms with Crippen molar-refractivity contribution in [3.63, 3.8) is 0 Å². The minimum atomic E-state index is -0.511. The molecule has 4 aromatic rings. The van der Waals surface area contributed by atoms with Crippen molar-refractivity contribution in [2.75, 3.05) is 33.9 Å². The molecule has 2 aromatic carbocycles. The van der Waals surface area contributed by atoms with Gasteiger partial charge in [-0.05, 0) is 18.6 Å². The second-order valence-corrected chi connectivity index (χ2v) is 13.1. The highest BCUT2D eigenvalue weighted by Gasteiger charge is 2.47. The summed E-state index contributed by atoms with van der Waals surface area (Å²) in [6.45, 7) is 3.21. The number of methoxy groups -OCH3 is 2. The number of rotatable bonds is 11. The lowest BCUT2D eigenvalue weighted by molar-refractivity contribution is -0.120. The zero-order chi connectivity index (χ0) is 34.1. The fourth-order valence-corrected chi connectivity index (χ4v) is 7.31. The number of pyridine rings is 2. The number of nitrogens with one attached hydrogen (secondary N) is 4. The Hall–Kier alpha value is -4.46. The molecule has 3 aliphatic heterocycles. The average molecular weight is 705 g/mol. The second kappa shape index (κ2) is 13.8. The van der Waals surface area contributed by atoms with Crippen LogP contribution in [0.4, 0.5) is 4.79 Å². The Balaban J connectivity index is 1.10. The Kier molecular flexibility index (Phi) is 9.32. The average Bonchev–Trinajstić information content (AvgIpc) is 3.70. The summed E-state index contributed by atoms with van der Waals surface area (Å²) in [4.78, 5) is 39.5. The Morgan fingerprint density at radius 2 is 1.47 bits per heavy atom. The lowest BCUT2D eigenvalue weighted by Crippen LogP contribution is -2.66. The Bertz CT molecular complexity index is 1920. The molecule has 4 N–H and O–H groups in total. The van der Waals surface area contributed by atoms with E-state index >= 15 is 0 Å². The van der Waals surface area contributed by atoms with Crippen molar-refractivity contribution >= 4 is 35.2 Å². The van der Waals surface area contributed by atoms with Gasteiger partial charge in [0.15, 0.2) is 0 Å². The van der Waals surface area contributed by atoms with Gasteiger partial charge in [0.2, 0.25) is 17.7 Å². The number of halogens is 2. The summed E-state index contributed by atoms with van der Waals surface area (Å²) < 4.78 is 11.3. The zero-order valence-corrected chi connectivity index (χ0v) is 28.5. The Morgan fingerprint density at radius 3 is 2.02 bits per heavy atom. The van der Waals surface area contributed by atoms with Crippen LogP contribution in [0.15, 0.2) is 60.7 Å². The minimum Gasteiger partial charge on any atom is -0.481 e. The van der Waals surface area contributed by atoms with E-state index in [0.717, 1.165) is 52.9 Å². The maximum Gasteiger partial charge on any atom is 0.427 e. The number of hydrogen-bond acceptors (Lipinski definition) is 10. The summed E-state index contributed by atoms with van der Waals surface area (Å²) in [6.07, 6.45) is 0.635. The molecular weight excluding hydrogens is 669 g/mol. The molecule has 254 valence electrons. The van der Waals surface area contributed by atoms with Gasteiger partial charge >= 0.3 is 6.09 Å². The van der Waals surface area contributed by atoms with Crippen LogP contribution in [0.5, 0.6) is 11.8 Å². The number of nitrogens with zero attached hydrogens (tertiary/aromatic N) is 3. The molecule has 1 spiro atoms. The summed E-state index contributed by atoms with van der Waals surface area (Å²) in [5.74, 6) is 1.12. The summed E-state index contributed by atoms with van der Waals surface area (Å²) in [7, 11) is 3.18. The number of hydrogen-bond donors (Lipinski definition) is 4. The van der Waals surface area contributed by atoms with Crippen molar-refractivity contribution in [2.24, 2.45) is 0 Å². The largest absolute Gasteiger partial charge is 0.481 e. The minimum absolute atomic E-state index is 0.0847. The van der Waals surface area contributed by atoms with Gasteiger partial charge in [0, 0.05) is 72.5 Å². The number of benzene rings is 2. The quantitative estimate of drug-likeness (QED) is 0.170. The Labute approximate surface area is 293 Å². The molecule has 3 aliphatic rings. The highest BCUT2D eigenvalue weighted by Crippen LogP contribution is 2.42. The number of amides is 2. The summed E-state index contributed by atoms with van der Waals surface area (Å²) in [5, 5.41) is 10.0. The molecule has 3 saturated heterocycles. The first-order valence-corrected chi connectivity index (χ1v) is 16.6. The van der Waals surface area contributed by atoms with Crippen LogP contribution >= 0.6 is 23.2 Å². The topological polar surface area (TPSA) is 139 Å². The molecule has 0 aliphatic carbocycles. The van der Waals surface area contributed by atoms with Gasteiger partial charge in [-0.2, -0.15) is 0 Å². The summed E-state index contributed by atoms with van der Waals surface area (Å²) in [6, 6.07) is 19.3. The van der Waals surface area contributed by atoms with E-state index < -0.39 is 6.09 Å². The van der Waals surface area contributed by atoms with Gasteiger partial charge < -0.3 is 30.3 Å². The normalized spacial score (nSPS) is 18.2. The number of carbonyl (C=O) groups excluding carboxylic acids is 2. The van der Waals surface area contributed by atoms with Gasteiger partial charge in [-0.3, -0.25) is 9.69 Å². The molecule has 0 radical (unpaired) electrons. The van der Waals surface area contributed by atoms with Gasteiger partial charge in [0.25, 0.3) is 0 Å². The fourth-order valence-electron chi connectivity index (χ4n) is 6.67. The van der Waals surface area contributed by atoms with Gasteiger partial charge in [-0.25, -0.2) is 14.8 Å². The van der Waals surface area contributed by atoms with E-state index in [4.69, 9.17) is 47.5 Å². The van der Waals surface area contributed by atoms with Crippen LogP contribution in [-0.4, -0.2) is 72.4 Å². The molecule has 49 heavy (non-hydrogen) atoms. The summed E-state index contributed by atoms with van der Waals surface area (Å²) >= 11 is 14.2. The smallest absolute Gasteiger partial charge is 0.427 e. The van der Waals surface area contributed by atoms with Crippen LogP contribution in [0.2, 0.25) is 10.0 Å². The van der Waals surface area contributed by atoms with E-state index in [0.29, 0.717) is 59.2 Å². The van der Waals surface area contributed by atoms with Gasteiger partial charge in [0.05, 0.1) is 41.2 Å². The number of aromatic nitrogens is 2. The SMILES string of the molecule is COc1nc(-c2cccc(-c3cccc(-c4ccc(CN5CC6(CCC(=O)N6)C5)c(OC)n4)c3Cl)c2Cl)ccc1CNCC1NOC(=O)N1. The predicted molar refractivity (Wildman–Crippen MR) is 185 cm³/mol. The monoisotopic (exact) mass is 703 g/mol. The molecule has 2 amide bonds. The molecule has 0 bridgehead atoms. The van der Waals surface area contributed by atoms with Crippen molar-refractivity contribution in [2.45, 2.75) is 37.6 Å². The van der Waals surface area contributed by atoms with Crippen molar-refractivity contribution in [1.82, 2.24) is 36.3 Å². The van der Waals surface area contributed by atoms with Gasteiger partial charge in [0.1, 0.15) is 6.17 Å². The number of carbonyl (C=O) groups is 2. The highest BCUT2D eigenvalue weighted by atomic mass is 35.5. The Morgan fingerprint density at radius 1 is 0.878 bits per heavy atom. The van der Waals surface area contributed by atoms with E-state index in [1.807, 2.05) is 60.7 Å². The third-order valence-electron chi connectivity index (χ3n) is 9.04. The summed E-state index contributed by atoms with van der Waals surface area (Å²) in [5.41, 5.74) is 8.62. The van der Waals surface area contributed by atoms with E-state index in [1.54, 1.807) is 14.2 Å². The van der Waals surface area contributed by atoms with E-state index in [-0.39, 0.29) is 17.6 Å². The molecule has 1 atom stereocenters. The zero-order valence-electron chi connectivity index (χ0n) is 26.9. The second-order valence-electron chi connectivity index (χ2n) is 12.4. The number of likely N-dealkylation sites (tertiary alicyclic amines) is 1. The first-order valence-electron chi connectivity index (χ1n) is 15.9. The third kappa shape index (κ3) is 6.75. The molecule has 1 unspecified atom stereocenters. The van der Waals surface area contributed by atoms with Gasteiger partial charge in [-0.1, -0.05) is 71.7 Å². The molecular formula is C35H35Cl2N7O5.